The first kappa shape index (κ1) is 13.2. The summed E-state index contributed by atoms with van der Waals surface area (Å²) in [5.74, 6) is -0.433. The van der Waals surface area contributed by atoms with Crippen LogP contribution in [0, 0.1) is 6.92 Å². The lowest BCUT2D eigenvalue weighted by atomic mass is 10.1. The number of hydrogen-bond donors (Lipinski definition) is 3. The summed E-state index contributed by atoms with van der Waals surface area (Å²) in [6, 6.07) is 7.20. The van der Waals surface area contributed by atoms with Crippen LogP contribution in [0.15, 0.2) is 24.3 Å². The highest BCUT2D eigenvalue weighted by Crippen LogP contribution is 2.13. The largest absolute Gasteiger partial charge is 0.351 e. The van der Waals surface area contributed by atoms with Crippen molar-refractivity contribution in [3.05, 3.63) is 35.4 Å². The summed E-state index contributed by atoms with van der Waals surface area (Å²) in [4.78, 5) is 21.6. The van der Waals surface area contributed by atoms with E-state index in [0.717, 1.165) is 11.1 Å². The van der Waals surface area contributed by atoms with Gasteiger partial charge in [0, 0.05) is 6.04 Å². The fourth-order valence-electron chi connectivity index (χ4n) is 1.48. The second-order valence-corrected chi connectivity index (χ2v) is 3.93. The third kappa shape index (κ3) is 4.65. The Labute approximate surface area is 100 Å². The number of hydrogen-bond acceptors (Lipinski definition) is 3. The van der Waals surface area contributed by atoms with Crippen LogP contribution in [-0.2, 0) is 4.79 Å². The SMILES string of the molecule is Cc1cccc([C@H](C)NCC(=O)NC(N)=O)c1. The van der Waals surface area contributed by atoms with E-state index in [1.165, 1.54) is 0 Å². The van der Waals surface area contributed by atoms with E-state index in [1.807, 2.05) is 43.4 Å². The first-order chi connectivity index (χ1) is 7.99. The maximum Gasteiger partial charge on any atom is 0.318 e. The van der Waals surface area contributed by atoms with E-state index < -0.39 is 11.9 Å². The molecule has 0 aromatic heterocycles. The lowest BCUT2D eigenvalue weighted by Crippen LogP contribution is -2.41. The second kappa shape index (κ2) is 6.00. The molecule has 17 heavy (non-hydrogen) atoms. The Morgan fingerprint density at radius 3 is 2.71 bits per heavy atom. The van der Waals surface area contributed by atoms with Crippen LogP contribution >= 0.6 is 0 Å². The van der Waals surface area contributed by atoms with E-state index in [9.17, 15) is 9.59 Å². The molecule has 0 aliphatic carbocycles. The van der Waals surface area contributed by atoms with Crippen molar-refractivity contribution in [1.82, 2.24) is 10.6 Å². The molecule has 3 amide bonds. The van der Waals surface area contributed by atoms with Gasteiger partial charge in [0.25, 0.3) is 0 Å². The minimum atomic E-state index is -0.833. The summed E-state index contributed by atoms with van der Waals surface area (Å²) in [5.41, 5.74) is 7.09. The van der Waals surface area contributed by atoms with Gasteiger partial charge in [0.15, 0.2) is 0 Å². The predicted octanol–water partition coefficient (Wildman–Crippen LogP) is 0.841. The Hall–Kier alpha value is -1.88. The highest BCUT2D eigenvalue weighted by molar-refractivity contribution is 5.94. The molecule has 0 saturated heterocycles. The number of nitrogens with two attached hydrogens (primary N) is 1. The number of benzene rings is 1. The molecule has 0 fully saturated rings. The Morgan fingerprint density at radius 1 is 1.41 bits per heavy atom. The van der Waals surface area contributed by atoms with Gasteiger partial charge in [-0.3, -0.25) is 10.1 Å². The minimum absolute atomic E-state index is 0.0357. The maximum atomic E-state index is 11.2. The normalized spacial score (nSPS) is 11.9. The van der Waals surface area contributed by atoms with E-state index in [1.54, 1.807) is 0 Å². The molecule has 4 N–H and O–H groups in total. The predicted molar refractivity (Wildman–Crippen MR) is 65.3 cm³/mol. The van der Waals surface area contributed by atoms with Crippen LogP contribution in [0.1, 0.15) is 24.1 Å². The molecule has 1 aromatic rings. The fourth-order valence-corrected chi connectivity index (χ4v) is 1.48. The zero-order chi connectivity index (χ0) is 12.8. The van der Waals surface area contributed by atoms with Gasteiger partial charge >= 0.3 is 6.03 Å². The molecule has 0 unspecified atom stereocenters. The quantitative estimate of drug-likeness (QED) is 0.723. The van der Waals surface area contributed by atoms with Crippen molar-refractivity contribution in [2.75, 3.05) is 6.54 Å². The molecule has 0 aliphatic heterocycles. The standard InChI is InChI=1S/C12H17N3O2/c1-8-4-3-5-10(6-8)9(2)14-7-11(16)15-12(13)17/h3-6,9,14H,7H2,1-2H3,(H3,13,15,16,17)/t9-/m0/s1. The molecule has 0 spiro atoms. The lowest BCUT2D eigenvalue weighted by molar-refractivity contribution is -0.119. The highest BCUT2D eigenvalue weighted by atomic mass is 16.2. The highest BCUT2D eigenvalue weighted by Gasteiger charge is 2.08. The van der Waals surface area contributed by atoms with Crippen LogP contribution < -0.4 is 16.4 Å². The summed E-state index contributed by atoms with van der Waals surface area (Å²) < 4.78 is 0. The summed E-state index contributed by atoms with van der Waals surface area (Å²) in [7, 11) is 0. The fraction of sp³-hybridized carbons (Fsp3) is 0.333. The van der Waals surface area contributed by atoms with Crippen LogP contribution in [0.2, 0.25) is 0 Å². The maximum absolute atomic E-state index is 11.2. The van der Waals surface area contributed by atoms with E-state index in [4.69, 9.17) is 5.73 Å². The van der Waals surface area contributed by atoms with E-state index in [0.29, 0.717) is 0 Å². The summed E-state index contributed by atoms with van der Waals surface area (Å²) in [6.07, 6.45) is 0. The van der Waals surface area contributed by atoms with Crippen molar-refractivity contribution < 1.29 is 9.59 Å². The Kier molecular flexibility index (Phi) is 4.66. The van der Waals surface area contributed by atoms with Gasteiger partial charge in [0.05, 0.1) is 6.54 Å². The molecule has 0 radical (unpaired) electrons. The number of imide groups is 1. The van der Waals surface area contributed by atoms with Crippen LogP contribution in [0.25, 0.3) is 0 Å². The molecule has 1 rings (SSSR count). The monoisotopic (exact) mass is 235 g/mol. The molecular formula is C12H17N3O2. The van der Waals surface area contributed by atoms with Crippen LogP contribution in [0.4, 0.5) is 4.79 Å². The number of rotatable bonds is 4. The van der Waals surface area contributed by atoms with Gasteiger partial charge < -0.3 is 11.1 Å². The minimum Gasteiger partial charge on any atom is -0.351 e. The van der Waals surface area contributed by atoms with E-state index >= 15 is 0 Å². The van der Waals surface area contributed by atoms with Crippen molar-refractivity contribution >= 4 is 11.9 Å². The van der Waals surface area contributed by atoms with Gasteiger partial charge in [-0.15, -0.1) is 0 Å². The van der Waals surface area contributed by atoms with Crippen molar-refractivity contribution in [3.63, 3.8) is 0 Å². The van der Waals surface area contributed by atoms with Crippen molar-refractivity contribution in [2.24, 2.45) is 5.73 Å². The zero-order valence-corrected chi connectivity index (χ0v) is 9.99. The molecule has 5 nitrogen and oxygen atoms in total. The topological polar surface area (TPSA) is 84.2 Å². The zero-order valence-electron chi connectivity index (χ0n) is 9.99. The van der Waals surface area contributed by atoms with Gasteiger partial charge in [-0.2, -0.15) is 0 Å². The molecule has 1 atom stereocenters. The Morgan fingerprint density at radius 2 is 2.12 bits per heavy atom. The lowest BCUT2D eigenvalue weighted by Gasteiger charge is -2.14. The molecular weight excluding hydrogens is 218 g/mol. The third-order valence-electron chi connectivity index (χ3n) is 2.37. The molecule has 92 valence electrons. The number of urea groups is 1. The van der Waals surface area contributed by atoms with Crippen molar-refractivity contribution in [3.8, 4) is 0 Å². The van der Waals surface area contributed by atoms with Crippen LogP contribution in [0.5, 0.6) is 0 Å². The summed E-state index contributed by atoms with van der Waals surface area (Å²) in [5, 5.41) is 5.01. The van der Waals surface area contributed by atoms with Crippen LogP contribution in [0.3, 0.4) is 0 Å². The number of nitrogens with one attached hydrogen (secondary N) is 2. The van der Waals surface area contributed by atoms with Gasteiger partial charge in [-0.05, 0) is 19.4 Å². The van der Waals surface area contributed by atoms with Crippen molar-refractivity contribution in [2.45, 2.75) is 19.9 Å². The van der Waals surface area contributed by atoms with E-state index in [2.05, 4.69) is 5.32 Å². The Balaban J connectivity index is 2.47. The number of aryl methyl sites for hydroxylation is 1. The number of carbonyl (C=O) groups excluding carboxylic acids is 2. The first-order valence-electron chi connectivity index (χ1n) is 5.38. The average molecular weight is 235 g/mol. The molecule has 0 saturated carbocycles. The van der Waals surface area contributed by atoms with Gasteiger partial charge in [-0.1, -0.05) is 29.8 Å². The molecule has 0 bridgehead atoms. The Bertz CT molecular complexity index is 418. The molecule has 5 heteroatoms. The molecule has 1 aromatic carbocycles. The molecule has 0 aliphatic rings. The summed E-state index contributed by atoms with van der Waals surface area (Å²) >= 11 is 0. The first-order valence-corrected chi connectivity index (χ1v) is 5.38. The third-order valence-corrected chi connectivity index (χ3v) is 2.37. The average Bonchev–Trinajstić information content (AvgIpc) is 2.25. The van der Waals surface area contributed by atoms with Gasteiger partial charge in [0.1, 0.15) is 0 Å². The smallest absolute Gasteiger partial charge is 0.318 e. The molecule has 0 heterocycles. The van der Waals surface area contributed by atoms with Crippen LogP contribution in [-0.4, -0.2) is 18.5 Å². The van der Waals surface area contributed by atoms with E-state index in [-0.39, 0.29) is 12.6 Å². The van der Waals surface area contributed by atoms with Gasteiger partial charge in [-0.25, -0.2) is 4.79 Å². The van der Waals surface area contributed by atoms with Gasteiger partial charge in [0.2, 0.25) is 5.91 Å². The number of amides is 3. The summed E-state index contributed by atoms with van der Waals surface area (Å²) in [6.45, 7) is 4.01. The van der Waals surface area contributed by atoms with Crippen molar-refractivity contribution in [1.29, 1.82) is 0 Å². The number of carbonyl (C=O) groups is 2. The number of primary amides is 1. The second-order valence-electron chi connectivity index (χ2n) is 3.93.